The Morgan fingerprint density at radius 1 is 0.653 bits per heavy atom. The second kappa shape index (κ2) is 14.8. The van der Waals surface area contributed by atoms with Gasteiger partial charge in [-0.1, -0.05) is 51.4 Å². The normalized spacial score (nSPS) is 15.0. The Labute approximate surface area is 297 Å². The molecule has 250 valence electrons. The van der Waals surface area contributed by atoms with Crippen LogP contribution in [0.5, 0.6) is 0 Å². The number of carboxylic acid groups (broad SMARTS) is 1. The molecule has 5 N–H and O–H groups in total. The highest BCUT2D eigenvalue weighted by atomic mass is 32.2. The lowest BCUT2D eigenvalue weighted by Gasteiger charge is -2.32. The Bertz CT molecular complexity index is 2060. The summed E-state index contributed by atoms with van der Waals surface area (Å²) in [6.07, 6.45) is 2.34. The van der Waals surface area contributed by atoms with Crippen LogP contribution in [0, 0.1) is 23.7 Å². The Balaban J connectivity index is 0.000000191. The van der Waals surface area contributed by atoms with Crippen molar-refractivity contribution in [2.75, 3.05) is 30.1 Å². The number of methoxy groups -OCH3 is 1. The zero-order chi connectivity index (χ0) is 35.3. The Kier molecular flexibility index (Phi) is 10.7. The number of nitrogen functional groups attached to an aromatic ring is 2. The molecule has 0 bridgehead atoms. The van der Waals surface area contributed by atoms with Gasteiger partial charge in [-0.25, -0.2) is 9.59 Å². The van der Waals surface area contributed by atoms with Crippen LogP contribution >= 0.6 is 23.5 Å². The number of thioether (sulfide) groups is 2. The quantitative estimate of drug-likeness (QED) is 0.109. The van der Waals surface area contributed by atoms with Gasteiger partial charge in [-0.2, -0.15) is 0 Å². The third kappa shape index (κ3) is 8.46. The molecule has 0 amide bonds. The minimum atomic E-state index is -1.03. The van der Waals surface area contributed by atoms with Crippen LogP contribution in [0.4, 0.5) is 11.4 Å². The number of carbonyl (C=O) groups excluding carboxylic acids is 1. The molecule has 6 rings (SSSR count). The fourth-order valence-corrected chi connectivity index (χ4v) is 8.66. The number of esters is 1. The van der Waals surface area contributed by atoms with E-state index in [4.69, 9.17) is 21.3 Å². The molecule has 0 saturated carbocycles. The summed E-state index contributed by atoms with van der Waals surface area (Å²) >= 11 is 3.81. The first-order valence-electron chi connectivity index (χ1n) is 16.0. The highest BCUT2D eigenvalue weighted by Crippen LogP contribution is 2.42. The summed E-state index contributed by atoms with van der Waals surface area (Å²) in [5, 5.41) is 9.01. The van der Waals surface area contributed by atoms with E-state index in [1.54, 1.807) is 30.3 Å². The van der Waals surface area contributed by atoms with Gasteiger partial charge in [0.2, 0.25) is 0 Å². The van der Waals surface area contributed by atoms with Crippen LogP contribution in [0.25, 0.3) is 0 Å². The average molecular weight is 689 g/mol. The van der Waals surface area contributed by atoms with Crippen LogP contribution in [0.3, 0.4) is 0 Å². The van der Waals surface area contributed by atoms with Gasteiger partial charge in [-0.3, -0.25) is 0 Å². The zero-order valence-electron chi connectivity index (χ0n) is 28.4. The van der Waals surface area contributed by atoms with E-state index in [9.17, 15) is 9.59 Å². The molecule has 8 heteroatoms. The predicted molar refractivity (Wildman–Crippen MR) is 202 cm³/mol. The van der Waals surface area contributed by atoms with E-state index in [1.165, 1.54) is 40.5 Å². The van der Waals surface area contributed by atoms with Crippen molar-refractivity contribution in [1.82, 2.24) is 0 Å². The third-order valence-electron chi connectivity index (χ3n) is 8.83. The molecule has 4 aromatic carbocycles. The Hall–Kier alpha value is -4.76. The Morgan fingerprint density at radius 2 is 1.04 bits per heavy atom. The molecule has 0 aromatic heterocycles. The van der Waals surface area contributed by atoms with E-state index in [1.807, 2.05) is 29.6 Å². The first kappa shape index (κ1) is 35.5. The van der Waals surface area contributed by atoms with E-state index in [0.29, 0.717) is 16.8 Å². The van der Waals surface area contributed by atoms with Gasteiger partial charge < -0.3 is 21.3 Å². The van der Waals surface area contributed by atoms with Gasteiger partial charge in [0.05, 0.1) is 18.2 Å². The number of nitrogens with two attached hydrogens (primary N) is 2. The molecule has 0 saturated heterocycles. The van der Waals surface area contributed by atoms with Crippen molar-refractivity contribution in [3.05, 3.63) is 117 Å². The number of aromatic carboxylic acids is 1. The molecule has 2 aliphatic heterocycles. The maximum absolute atomic E-state index is 11.6. The highest BCUT2D eigenvalue weighted by molar-refractivity contribution is 7.99. The molecule has 0 fully saturated rings. The number of carboxylic acids is 1. The number of ether oxygens (including phenoxy) is 1. The number of anilines is 2. The summed E-state index contributed by atoms with van der Waals surface area (Å²) in [6, 6.07) is 22.7. The molecule has 0 spiro atoms. The van der Waals surface area contributed by atoms with Crippen molar-refractivity contribution in [1.29, 1.82) is 0 Å². The van der Waals surface area contributed by atoms with E-state index in [-0.39, 0.29) is 22.1 Å². The van der Waals surface area contributed by atoms with Gasteiger partial charge in [0.1, 0.15) is 0 Å². The van der Waals surface area contributed by atoms with Gasteiger partial charge in [0, 0.05) is 43.4 Å². The number of carbonyl (C=O) groups is 2. The molecular formula is C41H40N2O4S2. The fourth-order valence-electron chi connectivity index (χ4n) is 5.69. The number of benzene rings is 4. The minimum Gasteiger partial charge on any atom is -0.478 e. The topological polar surface area (TPSA) is 116 Å². The fraction of sp³-hybridized carbons (Fsp3) is 0.268. The smallest absolute Gasteiger partial charge is 0.339 e. The van der Waals surface area contributed by atoms with E-state index in [0.717, 1.165) is 34.6 Å². The first-order valence-corrected chi connectivity index (χ1v) is 17.9. The van der Waals surface area contributed by atoms with E-state index in [2.05, 4.69) is 81.7 Å². The van der Waals surface area contributed by atoms with E-state index < -0.39 is 11.9 Å². The highest BCUT2D eigenvalue weighted by Gasteiger charge is 2.28. The molecule has 0 aliphatic carbocycles. The average Bonchev–Trinajstić information content (AvgIpc) is 3.06. The second-order valence-corrected chi connectivity index (χ2v) is 15.6. The molecule has 49 heavy (non-hydrogen) atoms. The lowest BCUT2D eigenvalue weighted by atomic mass is 9.81. The maximum atomic E-state index is 11.6. The van der Waals surface area contributed by atoms with Crippen LogP contribution in [-0.2, 0) is 15.6 Å². The van der Waals surface area contributed by atoms with Gasteiger partial charge in [-0.15, -0.1) is 23.5 Å². The van der Waals surface area contributed by atoms with Crippen LogP contribution in [0.2, 0.25) is 0 Å². The van der Waals surface area contributed by atoms with Crippen LogP contribution in [0.15, 0.2) is 82.6 Å². The SMILES string of the molecule is CC1(C)CCSc2ccc(C#Cc3ccc(C(=O)O)c(N)c3)cc21.COC(=O)c1ccc(C#Cc2ccc3c(c2)C(C)(C)CCS3)cc1N. The van der Waals surface area contributed by atoms with Crippen molar-refractivity contribution in [2.45, 2.75) is 61.2 Å². The van der Waals surface area contributed by atoms with Crippen molar-refractivity contribution < 1.29 is 19.4 Å². The second-order valence-electron chi connectivity index (χ2n) is 13.3. The summed E-state index contributed by atoms with van der Waals surface area (Å²) in [5.41, 5.74) is 19.3. The molecule has 2 heterocycles. The number of fused-ring (bicyclic) bond motifs is 2. The van der Waals surface area contributed by atoms with Crippen LogP contribution in [-0.4, -0.2) is 35.7 Å². The number of rotatable bonds is 2. The Morgan fingerprint density at radius 3 is 1.43 bits per heavy atom. The van der Waals surface area contributed by atoms with Crippen molar-refractivity contribution in [3.63, 3.8) is 0 Å². The number of hydrogen-bond acceptors (Lipinski definition) is 7. The summed E-state index contributed by atoms with van der Waals surface area (Å²) in [7, 11) is 1.34. The minimum absolute atomic E-state index is 0.105. The zero-order valence-corrected chi connectivity index (χ0v) is 30.0. The van der Waals surface area contributed by atoms with Gasteiger partial charge in [0.25, 0.3) is 0 Å². The van der Waals surface area contributed by atoms with Crippen LogP contribution in [0.1, 0.15) is 94.6 Å². The third-order valence-corrected chi connectivity index (χ3v) is 11.0. The van der Waals surface area contributed by atoms with Crippen molar-refractivity contribution >= 4 is 46.8 Å². The largest absolute Gasteiger partial charge is 0.478 e. The van der Waals surface area contributed by atoms with Crippen molar-refractivity contribution in [2.24, 2.45) is 0 Å². The first-order chi connectivity index (χ1) is 23.3. The molecular weight excluding hydrogens is 649 g/mol. The predicted octanol–water partition coefficient (Wildman–Crippen LogP) is 8.37. The lowest BCUT2D eigenvalue weighted by Crippen LogP contribution is -2.22. The van der Waals surface area contributed by atoms with Gasteiger partial charge in [-0.05, 0) is 119 Å². The molecule has 4 aromatic rings. The maximum Gasteiger partial charge on any atom is 0.339 e. The summed E-state index contributed by atoms with van der Waals surface area (Å²) in [6.45, 7) is 9.12. The lowest BCUT2D eigenvalue weighted by molar-refractivity contribution is 0.0601. The summed E-state index contributed by atoms with van der Waals surface area (Å²) in [5.74, 6) is 13.4. The standard InChI is InChI=1S/C21H21NO2S.C20H19NO2S/c1-21(2)10-11-25-19-9-7-14(12-17(19)21)4-5-15-6-8-16(18(22)13-15)20(23)24-3;1-20(2)9-10-24-18-8-6-13(11-16(18)20)3-4-14-5-7-15(19(22)23)17(21)12-14/h6-9,12-13H,10-11,22H2,1-3H3;5-8,11-12H,9-10,21H2,1-2H3,(H,22,23). The van der Waals surface area contributed by atoms with E-state index >= 15 is 0 Å². The number of hydrogen-bond donors (Lipinski definition) is 3. The van der Waals surface area contributed by atoms with Crippen LogP contribution < -0.4 is 11.5 Å². The summed E-state index contributed by atoms with van der Waals surface area (Å²) < 4.78 is 4.70. The van der Waals surface area contributed by atoms with Gasteiger partial charge >= 0.3 is 11.9 Å². The van der Waals surface area contributed by atoms with Crippen molar-refractivity contribution in [3.8, 4) is 23.7 Å². The molecule has 6 nitrogen and oxygen atoms in total. The molecule has 0 atom stereocenters. The van der Waals surface area contributed by atoms with Gasteiger partial charge in [0.15, 0.2) is 0 Å². The molecule has 0 unspecified atom stereocenters. The summed E-state index contributed by atoms with van der Waals surface area (Å²) in [4.78, 5) is 25.3. The molecule has 2 aliphatic rings. The monoisotopic (exact) mass is 688 g/mol. The molecule has 0 radical (unpaired) electrons.